The molecule has 0 aliphatic carbocycles. The monoisotopic (exact) mass is 248 g/mol. The molecule has 0 bridgehead atoms. The number of benzene rings is 2. The van der Waals surface area contributed by atoms with Gasteiger partial charge in [0.2, 0.25) is 0 Å². The third kappa shape index (κ3) is 1.99. The first kappa shape index (κ1) is 11.5. The van der Waals surface area contributed by atoms with Gasteiger partial charge in [0.25, 0.3) is 0 Å². The van der Waals surface area contributed by atoms with Crippen molar-refractivity contribution in [2.45, 2.75) is 6.10 Å². The summed E-state index contributed by atoms with van der Waals surface area (Å²) in [6.07, 6.45) is 1.14. The van der Waals surface area contributed by atoms with Crippen LogP contribution in [0.4, 0.5) is 0 Å². The second kappa shape index (κ2) is 4.60. The Morgan fingerprint density at radius 1 is 1.05 bits per heavy atom. The van der Waals surface area contributed by atoms with Crippen molar-refractivity contribution in [2.75, 3.05) is 0 Å². The molecule has 3 heteroatoms. The molecular formula is C16H12N2O. The summed E-state index contributed by atoms with van der Waals surface area (Å²) in [5, 5.41) is 20.2. The van der Waals surface area contributed by atoms with Gasteiger partial charge in [0.1, 0.15) is 6.10 Å². The van der Waals surface area contributed by atoms with Gasteiger partial charge in [-0.15, -0.1) is 0 Å². The van der Waals surface area contributed by atoms with E-state index in [0.717, 1.165) is 22.0 Å². The number of hydrogen-bond acceptors (Lipinski definition) is 2. The number of hydrogen-bond donors (Lipinski definition) is 2. The van der Waals surface area contributed by atoms with Crippen molar-refractivity contribution < 1.29 is 5.11 Å². The maximum atomic E-state index is 10.4. The Labute approximate surface area is 110 Å². The predicted molar refractivity (Wildman–Crippen MR) is 73.5 cm³/mol. The maximum absolute atomic E-state index is 10.4. The minimum atomic E-state index is -0.691. The van der Waals surface area contributed by atoms with Gasteiger partial charge in [-0.2, -0.15) is 5.26 Å². The van der Waals surface area contributed by atoms with E-state index >= 15 is 0 Å². The van der Waals surface area contributed by atoms with Crippen LogP contribution in [0.2, 0.25) is 0 Å². The molecule has 1 unspecified atom stereocenters. The number of aliphatic hydroxyl groups excluding tert-OH is 1. The fourth-order valence-electron chi connectivity index (χ4n) is 2.24. The molecule has 3 nitrogen and oxygen atoms in total. The van der Waals surface area contributed by atoms with Crippen molar-refractivity contribution in [3.63, 3.8) is 0 Å². The smallest absolute Gasteiger partial charge is 0.106 e. The third-order valence-corrected chi connectivity index (χ3v) is 3.27. The molecule has 3 rings (SSSR count). The minimum absolute atomic E-state index is 0.592. The Hall–Kier alpha value is -2.57. The van der Waals surface area contributed by atoms with E-state index < -0.39 is 6.10 Å². The van der Waals surface area contributed by atoms with Crippen LogP contribution in [0.3, 0.4) is 0 Å². The number of rotatable bonds is 2. The van der Waals surface area contributed by atoms with Crippen LogP contribution in [0.25, 0.3) is 10.9 Å². The van der Waals surface area contributed by atoms with E-state index in [2.05, 4.69) is 11.1 Å². The van der Waals surface area contributed by atoms with Gasteiger partial charge in [-0.05, 0) is 23.8 Å². The SMILES string of the molecule is N#Cc1ccc(C(O)c2c[nH]c3ccccc23)cc1. The van der Waals surface area contributed by atoms with E-state index in [0.29, 0.717) is 5.56 Å². The molecule has 0 saturated heterocycles. The Bertz CT molecular complexity index is 750. The normalized spacial score (nSPS) is 12.2. The lowest BCUT2D eigenvalue weighted by molar-refractivity contribution is 0.222. The zero-order valence-corrected chi connectivity index (χ0v) is 10.2. The lowest BCUT2D eigenvalue weighted by Gasteiger charge is -2.10. The lowest BCUT2D eigenvalue weighted by atomic mass is 10.00. The van der Waals surface area contributed by atoms with Gasteiger partial charge in [-0.1, -0.05) is 30.3 Å². The average Bonchev–Trinajstić information content (AvgIpc) is 2.90. The highest BCUT2D eigenvalue weighted by Crippen LogP contribution is 2.28. The highest BCUT2D eigenvalue weighted by molar-refractivity contribution is 5.83. The minimum Gasteiger partial charge on any atom is -0.384 e. The first-order chi connectivity index (χ1) is 9.29. The number of nitrogens with zero attached hydrogens (tertiary/aromatic N) is 1. The summed E-state index contributed by atoms with van der Waals surface area (Å²) in [7, 11) is 0. The number of aromatic nitrogens is 1. The Kier molecular flexibility index (Phi) is 2.79. The van der Waals surface area contributed by atoms with Crippen molar-refractivity contribution in [1.82, 2.24) is 4.98 Å². The highest BCUT2D eigenvalue weighted by Gasteiger charge is 2.14. The number of H-pyrrole nitrogens is 1. The van der Waals surface area contributed by atoms with Gasteiger partial charge >= 0.3 is 0 Å². The van der Waals surface area contributed by atoms with E-state index in [1.807, 2.05) is 30.5 Å². The summed E-state index contributed by atoms with van der Waals surface area (Å²) < 4.78 is 0. The number of nitriles is 1. The largest absolute Gasteiger partial charge is 0.384 e. The molecule has 0 spiro atoms. The van der Waals surface area contributed by atoms with Gasteiger partial charge in [0, 0.05) is 22.7 Å². The van der Waals surface area contributed by atoms with Gasteiger partial charge < -0.3 is 10.1 Å². The van der Waals surface area contributed by atoms with E-state index in [1.54, 1.807) is 24.3 Å². The van der Waals surface area contributed by atoms with Crippen LogP contribution in [-0.2, 0) is 0 Å². The lowest BCUT2D eigenvalue weighted by Crippen LogP contribution is -1.98. The Balaban J connectivity index is 2.03. The fourth-order valence-corrected chi connectivity index (χ4v) is 2.24. The second-order valence-corrected chi connectivity index (χ2v) is 4.43. The van der Waals surface area contributed by atoms with Gasteiger partial charge in [0.05, 0.1) is 11.6 Å². The maximum Gasteiger partial charge on any atom is 0.106 e. The number of fused-ring (bicyclic) bond motifs is 1. The van der Waals surface area contributed by atoms with E-state index in [4.69, 9.17) is 5.26 Å². The molecule has 2 N–H and O–H groups in total. The first-order valence-electron chi connectivity index (χ1n) is 6.04. The van der Waals surface area contributed by atoms with E-state index in [-0.39, 0.29) is 0 Å². The molecule has 1 atom stereocenters. The summed E-state index contributed by atoms with van der Waals surface area (Å²) in [6.45, 7) is 0. The van der Waals surface area contributed by atoms with Crippen molar-refractivity contribution in [1.29, 1.82) is 5.26 Å². The molecular weight excluding hydrogens is 236 g/mol. The van der Waals surface area contributed by atoms with Crippen molar-refractivity contribution in [3.8, 4) is 6.07 Å². The predicted octanol–water partition coefficient (Wildman–Crippen LogP) is 3.12. The quantitative estimate of drug-likeness (QED) is 0.732. The van der Waals surface area contributed by atoms with Crippen LogP contribution in [-0.4, -0.2) is 10.1 Å². The number of aliphatic hydroxyl groups is 1. The molecule has 0 saturated carbocycles. The topological polar surface area (TPSA) is 59.8 Å². The van der Waals surface area contributed by atoms with Crippen LogP contribution in [0.15, 0.2) is 54.7 Å². The summed E-state index contributed by atoms with van der Waals surface area (Å²) in [4.78, 5) is 3.15. The fraction of sp³-hybridized carbons (Fsp3) is 0.0625. The zero-order chi connectivity index (χ0) is 13.2. The van der Waals surface area contributed by atoms with Crippen LogP contribution < -0.4 is 0 Å². The summed E-state index contributed by atoms with van der Waals surface area (Å²) in [5.74, 6) is 0. The molecule has 0 aliphatic heterocycles. The molecule has 0 radical (unpaired) electrons. The molecule has 1 heterocycles. The van der Waals surface area contributed by atoms with Gasteiger partial charge in [-0.3, -0.25) is 0 Å². The van der Waals surface area contributed by atoms with Crippen molar-refractivity contribution in [2.24, 2.45) is 0 Å². The average molecular weight is 248 g/mol. The Morgan fingerprint density at radius 3 is 2.53 bits per heavy atom. The highest BCUT2D eigenvalue weighted by atomic mass is 16.3. The molecule has 0 amide bonds. The molecule has 2 aromatic carbocycles. The van der Waals surface area contributed by atoms with Gasteiger partial charge in [-0.25, -0.2) is 0 Å². The number of aromatic amines is 1. The number of nitrogens with one attached hydrogen (secondary N) is 1. The van der Waals surface area contributed by atoms with Crippen molar-refractivity contribution >= 4 is 10.9 Å². The second-order valence-electron chi connectivity index (χ2n) is 4.43. The van der Waals surface area contributed by atoms with Gasteiger partial charge in [0.15, 0.2) is 0 Å². The standard InChI is InChI=1S/C16H12N2O/c17-9-11-5-7-12(8-6-11)16(19)14-10-18-15-4-2-1-3-13(14)15/h1-8,10,16,18-19H. The van der Waals surface area contributed by atoms with E-state index in [9.17, 15) is 5.11 Å². The third-order valence-electron chi connectivity index (χ3n) is 3.27. The molecule has 3 aromatic rings. The van der Waals surface area contributed by atoms with Crippen LogP contribution in [0.5, 0.6) is 0 Å². The van der Waals surface area contributed by atoms with Crippen LogP contribution >= 0.6 is 0 Å². The summed E-state index contributed by atoms with van der Waals surface area (Å²) in [5.41, 5.74) is 3.23. The Morgan fingerprint density at radius 2 is 1.79 bits per heavy atom. The van der Waals surface area contributed by atoms with Crippen LogP contribution in [0, 0.1) is 11.3 Å². The molecule has 0 aliphatic rings. The first-order valence-corrected chi connectivity index (χ1v) is 6.04. The summed E-state index contributed by atoms with van der Waals surface area (Å²) >= 11 is 0. The number of para-hydroxylation sites is 1. The molecule has 1 aromatic heterocycles. The van der Waals surface area contributed by atoms with Crippen LogP contribution in [0.1, 0.15) is 22.8 Å². The molecule has 92 valence electrons. The molecule has 19 heavy (non-hydrogen) atoms. The molecule has 0 fully saturated rings. The zero-order valence-electron chi connectivity index (χ0n) is 10.2. The summed E-state index contributed by atoms with van der Waals surface area (Å²) in [6, 6.07) is 16.9. The van der Waals surface area contributed by atoms with Crippen molar-refractivity contribution in [3.05, 3.63) is 71.4 Å². The van der Waals surface area contributed by atoms with E-state index in [1.165, 1.54) is 0 Å².